The second kappa shape index (κ2) is 8.66. The molecule has 1 aliphatic heterocycles. The number of hydrogen-bond donors (Lipinski definition) is 2. The van der Waals surface area contributed by atoms with E-state index in [0.29, 0.717) is 30.2 Å². The third-order valence-electron chi connectivity index (χ3n) is 4.64. The Morgan fingerprint density at radius 1 is 1.07 bits per heavy atom. The van der Waals surface area contributed by atoms with E-state index >= 15 is 0 Å². The molecule has 1 saturated heterocycles. The van der Waals surface area contributed by atoms with Crippen LogP contribution in [0.3, 0.4) is 0 Å². The molecular formula is C21H20N4O4. The molecule has 2 amide bonds. The van der Waals surface area contributed by atoms with Gasteiger partial charge in [0.15, 0.2) is 17.8 Å². The number of benzene rings is 1. The van der Waals surface area contributed by atoms with Gasteiger partial charge in [0.2, 0.25) is 0 Å². The minimum Gasteiger partial charge on any atom is -0.445 e. The minimum atomic E-state index is -0.316. The number of carbonyl (C=O) groups is 2. The number of rotatable bonds is 6. The summed E-state index contributed by atoms with van der Waals surface area (Å²) in [5.41, 5.74) is 2.32. The quantitative estimate of drug-likeness (QED) is 0.668. The Morgan fingerprint density at radius 3 is 2.59 bits per heavy atom. The van der Waals surface area contributed by atoms with Gasteiger partial charge in [-0.15, -0.1) is 0 Å². The van der Waals surface area contributed by atoms with E-state index in [1.54, 1.807) is 48.8 Å². The zero-order chi connectivity index (χ0) is 20.1. The third-order valence-corrected chi connectivity index (χ3v) is 4.64. The van der Waals surface area contributed by atoms with E-state index < -0.39 is 0 Å². The lowest BCUT2D eigenvalue weighted by Gasteiger charge is -2.09. The van der Waals surface area contributed by atoms with Crippen LogP contribution in [0.1, 0.15) is 51.1 Å². The van der Waals surface area contributed by atoms with Crippen molar-refractivity contribution in [3.05, 3.63) is 77.8 Å². The fourth-order valence-electron chi connectivity index (χ4n) is 3.12. The molecule has 8 nitrogen and oxygen atoms in total. The van der Waals surface area contributed by atoms with Crippen molar-refractivity contribution >= 4 is 17.5 Å². The maximum atomic E-state index is 12.5. The van der Waals surface area contributed by atoms with E-state index in [1.165, 1.54) is 6.39 Å². The molecule has 0 saturated carbocycles. The zero-order valence-corrected chi connectivity index (χ0v) is 15.6. The number of carbonyl (C=O) groups excluding carboxylic acids is 2. The minimum absolute atomic E-state index is 0.212. The molecule has 29 heavy (non-hydrogen) atoms. The summed E-state index contributed by atoms with van der Waals surface area (Å²) in [7, 11) is 0. The molecule has 0 bridgehead atoms. The van der Waals surface area contributed by atoms with Crippen molar-refractivity contribution in [1.29, 1.82) is 0 Å². The number of nitrogens with one attached hydrogen (secondary N) is 2. The van der Waals surface area contributed by atoms with Gasteiger partial charge in [0.25, 0.3) is 11.8 Å². The third kappa shape index (κ3) is 4.49. The lowest BCUT2D eigenvalue weighted by Crippen LogP contribution is -2.24. The number of anilines is 1. The summed E-state index contributed by atoms with van der Waals surface area (Å²) >= 11 is 0. The Labute approximate surface area is 167 Å². The summed E-state index contributed by atoms with van der Waals surface area (Å²) in [6.45, 7) is 0.969. The molecule has 1 aromatic carbocycles. The van der Waals surface area contributed by atoms with Crippen molar-refractivity contribution in [2.75, 3.05) is 11.9 Å². The van der Waals surface area contributed by atoms with Crippen LogP contribution in [0.25, 0.3) is 0 Å². The van der Waals surface area contributed by atoms with Crippen molar-refractivity contribution in [1.82, 2.24) is 15.3 Å². The summed E-state index contributed by atoms with van der Waals surface area (Å²) in [5, 5.41) is 5.63. The molecule has 148 valence electrons. The predicted octanol–water partition coefficient (Wildman–Crippen LogP) is 3.10. The largest absolute Gasteiger partial charge is 0.445 e. The molecule has 1 fully saturated rings. The number of pyridine rings is 1. The second-order valence-electron chi connectivity index (χ2n) is 6.64. The molecule has 0 aliphatic carbocycles. The van der Waals surface area contributed by atoms with Crippen LogP contribution in [-0.4, -0.2) is 28.4 Å². The van der Waals surface area contributed by atoms with Crippen molar-refractivity contribution in [3.8, 4) is 0 Å². The number of aromatic nitrogens is 2. The maximum Gasteiger partial charge on any atom is 0.273 e. The first-order valence-corrected chi connectivity index (χ1v) is 9.34. The Hall–Kier alpha value is -3.52. The molecule has 1 aliphatic rings. The van der Waals surface area contributed by atoms with Crippen molar-refractivity contribution in [3.63, 3.8) is 0 Å². The highest BCUT2D eigenvalue weighted by Gasteiger charge is 2.27. The Kier molecular flexibility index (Phi) is 5.62. The molecule has 2 aromatic heterocycles. The molecule has 1 atom stereocenters. The second-order valence-corrected chi connectivity index (χ2v) is 6.64. The van der Waals surface area contributed by atoms with E-state index in [2.05, 4.69) is 20.6 Å². The van der Waals surface area contributed by atoms with Gasteiger partial charge in [0, 0.05) is 36.8 Å². The van der Waals surface area contributed by atoms with Crippen LogP contribution in [0.5, 0.6) is 0 Å². The topological polar surface area (TPSA) is 106 Å². The van der Waals surface area contributed by atoms with Crippen LogP contribution in [0.2, 0.25) is 0 Å². The van der Waals surface area contributed by atoms with Gasteiger partial charge in [-0.25, -0.2) is 4.98 Å². The van der Waals surface area contributed by atoms with Crippen LogP contribution < -0.4 is 10.6 Å². The first-order chi connectivity index (χ1) is 14.2. The van der Waals surface area contributed by atoms with E-state index in [4.69, 9.17) is 9.15 Å². The standard InChI is InChI=1S/C21H20N4O4/c26-20(25-16-7-9-22-10-8-16)15-5-3-14(4-6-15)12-23-21(27)18-19(29-13-24-18)17-2-1-11-28-17/h3-10,13,17H,1-2,11-12H2,(H,23,27)(H,22,25,26). The van der Waals surface area contributed by atoms with Gasteiger partial charge in [-0.1, -0.05) is 12.1 Å². The molecule has 0 spiro atoms. The highest BCUT2D eigenvalue weighted by Crippen LogP contribution is 2.30. The lowest BCUT2D eigenvalue weighted by molar-refractivity contribution is 0.0860. The normalized spacial score (nSPS) is 15.8. The average Bonchev–Trinajstić information content (AvgIpc) is 3.44. The first-order valence-electron chi connectivity index (χ1n) is 9.34. The number of hydrogen-bond acceptors (Lipinski definition) is 6. The highest BCUT2D eigenvalue weighted by atomic mass is 16.5. The maximum absolute atomic E-state index is 12.5. The summed E-state index contributed by atoms with van der Waals surface area (Å²) in [5.74, 6) is -0.0533. The van der Waals surface area contributed by atoms with E-state index in [0.717, 1.165) is 18.4 Å². The molecule has 0 radical (unpaired) electrons. The van der Waals surface area contributed by atoms with Crippen molar-refractivity contribution < 1.29 is 18.7 Å². The van der Waals surface area contributed by atoms with Gasteiger partial charge in [-0.3, -0.25) is 14.6 Å². The van der Waals surface area contributed by atoms with E-state index in [-0.39, 0.29) is 23.6 Å². The summed E-state index contributed by atoms with van der Waals surface area (Å²) < 4.78 is 10.9. The first kappa shape index (κ1) is 18.8. The Balaban J connectivity index is 1.34. The Bertz CT molecular complexity index is 979. The van der Waals surface area contributed by atoms with Gasteiger partial charge in [0.1, 0.15) is 6.10 Å². The van der Waals surface area contributed by atoms with Crippen molar-refractivity contribution in [2.45, 2.75) is 25.5 Å². The molecule has 1 unspecified atom stereocenters. The monoisotopic (exact) mass is 392 g/mol. The van der Waals surface area contributed by atoms with Crippen LogP contribution in [-0.2, 0) is 11.3 Å². The smallest absolute Gasteiger partial charge is 0.273 e. The fourth-order valence-corrected chi connectivity index (χ4v) is 3.12. The average molecular weight is 392 g/mol. The number of ether oxygens (including phenoxy) is 1. The summed E-state index contributed by atoms with van der Waals surface area (Å²) in [6, 6.07) is 10.5. The highest BCUT2D eigenvalue weighted by molar-refractivity contribution is 6.04. The molecule has 3 aromatic rings. The van der Waals surface area contributed by atoms with Gasteiger partial charge in [-0.05, 0) is 42.7 Å². The van der Waals surface area contributed by atoms with Gasteiger partial charge in [-0.2, -0.15) is 0 Å². The Morgan fingerprint density at radius 2 is 1.86 bits per heavy atom. The van der Waals surface area contributed by atoms with Gasteiger partial charge in [0.05, 0.1) is 0 Å². The van der Waals surface area contributed by atoms with Gasteiger partial charge >= 0.3 is 0 Å². The summed E-state index contributed by atoms with van der Waals surface area (Å²) in [6.07, 6.45) is 6.03. The fraction of sp³-hybridized carbons (Fsp3) is 0.238. The van der Waals surface area contributed by atoms with Crippen LogP contribution in [0, 0.1) is 0 Å². The van der Waals surface area contributed by atoms with Crippen molar-refractivity contribution in [2.24, 2.45) is 0 Å². The summed E-state index contributed by atoms with van der Waals surface area (Å²) in [4.78, 5) is 32.7. The van der Waals surface area contributed by atoms with Crippen LogP contribution in [0.4, 0.5) is 5.69 Å². The lowest BCUT2D eigenvalue weighted by atomic mass is 10.1. The number of amides is 2. The number of oxazole rings is 1. The predicted molar refractivity (Wildman–Crippen MR) is 104 cm³/mol. The molecular weight excluding hydrogens is 372 g/mol. The molecule has 8 heteroatoms. The van der Waals surface area contributed by atoms with E-state index in [1.807, 2.05) is 0 Å². The molecule has 2 N–H and O–H groups in total. The molecule has 3 heterocycles. The van der Waals surface area contributed by atoms with Crippen LogP contribution >= 0.6 is 0 Å². The zero-order valence-electron chi connectivity index (χ0n) is 15.6. The van der Waals surface area contributed by atoms with Gasteiger partial charge < -0.3 is 19.8 Å². The van der Waals surface area contributed by atoms with E-state index in [9.17, 15) is 9.59 Å². The molecule has 4 rings (SSSR count). The number of nitrogens with zero attached hydrogens (tertiary/aromatic N) is 2. The van der Waals surface area contributed by atoms with Crippen LogP contribution in [0.15, 0.2) is 59.6 Å². The SMILES string of the molecule is O=C(Nc1ccncc1)c1ccc(CNC(=O)c2ncoc2C2CCCO2)cc1.